The maximum absolute atomic E-state index is 4.56. The third-order valence-electron chi connectivity index (χ3n) is 6.97. The average molecular weight is 467 g/mol. The van der Waals surface area contributed by atoms with Gasteiger partial charge >= 0.3 is 0 Å². The predicted octanol–water partition coefficient (Wildman–Crippen LogP) is 4.42. The Bertz CT molecular complexity index is 1130. The second kappa shape index (κ2) is 11.9. The normalized spacial score (nSPS) is 19.9. The highest BCUT2D eigenvalue weighted by Gasteiger charge is 2.34. The number of nitrogens with zero attached hydrogens (tertiary/aromatic N) is 6. The molecule has 0 bridgehead atoms. The first-order valence-electron chi connectivity index (χ1n) is 12.7. The second-order valence-electron chi connectivity index (χ2n) is 9.30. The molecule has 1 fully saturated rings. The van der Waals surface area contributed by atoms with Gasteiger partial charge in [-0.15, -0.1) is 5.10 Å². The topological polar surface area (TPSA) is 50.1 Å². The van der Waals surface area contributed by atoms with Crippen LogP contribution in [0.3, 0.4) is 0 Å². The number of aryl methyl sites for hydroxylation is 2. The fraction of sp³-hybridized carbons (Fsp3) is 0.345. The third-order valence-corrected chi connectivity index (χ3v) is 6.97. The molecule has 2 atom stereocenters. The number of hydrogen-bond acceptors (Lipinski definition) is 5. The lowest BCUT2D eigenvalue weighted by Crippen LogP contribution is -2.49. The van der Waals surface area contributed by atoms with Crippen LogP contribution in [0.25, 0.3) is 6.08 Å². The monoisotopic (exact) mass is 466 g/mol. The molecule has 180 valence electrons. The molecule has 1 aliphatic heterocycles. The molecule has 2 aliphatic rings. The van der Waals surface area contributed by atoms with Crippen LogP contribution >= 0.6 is 0 Å². The van der Waals surface area contributed by atoms with E-state index in [1.165, 1.54) is 11.1 Å². The standard InChI is InChI=1S/C29H34N6/c1-4-11-25(12-5-1)15-10-19-33-21-23-34(24-22-33)28(27-16-8-3-9-17-27)29-30-31-32-35(29)20-18-26-13-6-2-7-14-26/h1-16,27-28H,17-24H2/b15-10+/t27?,28-/m0/s1. The van der Waals surface area contributed by atoms with Crippen molar-refractivity contribution < 1.29 is 0 Å². The van der Waals surface area contributed by atoms with E-state index in [0.717, 1.165) is 57.9 Å². The van der Waals surface area contributed by atoms with E-state index in [9.17, 15) is 0 Å². The fourth-order valence-corrected chi connectivity index (χ4v) is 5.05. The molecule has 0 radical (unpaired) electrons. The Hall–Kier alpha value is -3.35. The van der Waals surface area contributed by atoms with E-state index < -0.39 is 0 Å². The number of allylic oxidation sites excluding steroid dienone is 3. The predicted molar refractivity (Wildman–Crippen MR) is 141 cm³/mol. The zero-order chi connectivity index (χ0) is 23.7. The smallest absolute Gasteiger partial charge is 0.169 e. The first-order valence-corrected chi connectivity index (χ1v) is 12.7. The molecule has 2 heterocycles. The average Bonchev–Trinajstić information content (AvgIpc) is 3.38. The lowest BCUT2D eigenvalue weighted by atomic mass is 9.90. The van der Waals surface area contributed by atoms with Crippen LogP contribution in [-0.4, -0.2) is 62.7 Å². The van der Waals surface area contributed by atoms with Gasteiger partial charge in [0.15, 0.2) is 5.82 Å². The maximum atomic E-state index is 4.56. The molecule has 0 amide bonds. The number of hydrogen-bond donors (Lipinski definition) is 0. The Morgan fingerprint density at radius 1 is 0.914 bits per heavy atom. The van der Waals surface area contributed by atoms with E-state index in [1.54, 1.807) is 0 Å². The summed E-state index contributed by atoms with van der Waals surface area (Å²) >= 11 is 0. The second-order valence-corrected chi connectivity index (χ2v) is 9.30. The molecule has 0 N–H and O–H groups in total. The highest BCUT2D eigenvalue weighted by atomic mass is 15.6. The van der Waals surface area contributed by atoms with Gasteiger partial charge in [0.25, 0.3) is 0 Å². The first-order chi connectivity index (χ1) is 17.4. The fourth-order valence-electron chi connectivity index (χ4n) is 5.05. The molecular formula is C29H34N6. The third kappa shape index (κ3) is 6.21. The van der Waals surface area contributed by atoms with Crippen molar-refractivity contribution in [3.05, 3.63) is 108 Å². The highest BCUT2D eigenvalue weighted by Crippen LogP contribution is 2.33. The van der Waals surface area contributed by atoms with Crippen LogP contribution in [0, 0.1) is 5.92 Å². The summed E-state index contributed by atoms with van der Waals surface area (Å²) in [4.78, 5) is 5.12. The Kier molecular flexibility index (Phi) is 7.93. The van der Waals surface area contributed by atoms with Gasteiger partial charge in [-0.2, -0.15) is 0 Å². The molecule has 1 unspecified atom stereocenters. The Morgan fingerprint density at radius 3 is 2.43 bits per heavy atom. The summed E-state index contributed by atoms with van der Waals surface area (Å²) in [6, 6.07) is 21.3. The Morgan fingerprint density at radius 2 is 1.69 bits per heavy atom. The van der Waals surface area contributed by atoms with Crippen molar-refractivity contribution in [2.45, 2.75) is 25.4 Å². The van der Waals surface area contributed by atoms with Gasteiger partial charge in [0.1, 0.15) is 0 Å². The number of aromatic nitrogens is 4. The van der Waals surface area contributed by atoms with Crippen LogP contribution in [0.1, 0.15) is 29.4 Å². The van der Waals surface area contributed by atoms with Crippen LogP contribution < -0.4 is 0 Å². The van der Waals surface area contributed by atoms with E-state index in [4.69, 9.17) is 0 Å². The quantitative estimate of drug-likeness (QED) is 0.467. The zero-order valence-corrected chi connectivity index (χ0v) is 20.2. The van der Waals surface area contributed by atoms with Crippen LogP contribution in [0.5, 0.6) is 0 Å². The first kappa shape index (κ1) is 23.4. The minimum absolute atomic E-state index is 0.184. The Balaban J connectivity index is 1.25. The van der Waals surface area contributed by atoms with Crippen molar-refractivity contribution in [2.75, 3.05) is 32.7 Å². The minimum Gasteiger partial charge on any atom is -0.297 e. The van der Waals surface area contributed by atoms with Crippen LogP contribution in [0.2, 0.25) is 0 Å². The SMILES string of the molecule is C1=CCC([C@@H](c2nnnn2CCc2ccccc2)N2CCN(C/C=C/c3ccccc3)CC2)C=C1. The summed E-state index contributed by atoms with van der Waals surface area (Å²) in [5.41, 5.74) is 2.56. The molecule has 5 rings (SSSR count). The molecule has 0 saturated carbocycles. The highest BCUT2D eigenvalue weighted by molar-refractivity contribution is 5.48. The van der Waals surface area contributed by atoms with Crippen molar-refractivity contribution in [1.82, 2.24) is 30.0 Å². The summed E-state index contributed by atoms with van der Waals surface area (Å²) in [6.45, 7) is 5.90. The van der Waals surface area contributed by atoms with Crippen molar-refractivity contribution >= 4 is 6.08 Å². The van der Waals surface area contributed by atoms with Gasteiger partial charge < -0.3 is 0 Å². The molecule has 0 spiro atoms. The number of benzene rings is 2. The largest absolute Gasteiger partial charge is 0.297 e. The molecule has 1 aromatic heterocycles. The Labute approximate surface area is 208 Å². The van der Waals surface area contributed by atoms with Gasteiger partial charge in [-0.1, -0.05) is 97.1 Å². The molecule has 2 aromatic carbocycles. The summed E-state index contributed by atoms with van der Waals surface area (Å²) in [6.07, 6.45) is 15.3. The molecule has 3 aromatic rings. The van der Waals surface area contributed by atoms with E-state index in [0.29, 0.717) is 5.92 Å². The number of tetrazole rings is 1. The van der Waals surface area contributed by atoms with E-state index in [-0.39, 0.29) is 6.04 Å². The maximum Gasteiger partial charge on any atom is 0.169 e. The molecule has 1 aliphatic carbocycles. The van der Waals surface area contributed by atoms with E-state index >= 15 is 0 Å². The van der Waals surface area contributed by atoms with Gasteiger partial charge in [0.05, 0.1) is 6.04 Å². The zero-order valence-electron chi connectivity index (χ0n) is 20.2. The lowest BCUT2D eigenvalue weighted by Gasteiger charge is -2.41. The lowest BCUT2D eigenvalue weighted by molar-refractivity contribution is 0.0772. The number of rotatable bonds is 9. The summed E-state index contributed by atoms with van der Waals surface area (Å²) < 4.78 is 2.03. The van der Waals surface area contributed by atoms with Gasteiger partial charge in [0, 0.05) is 45.2 Å². The van der Waals surface area contributed by atoms with Crippen molar-refractivity contribution in [3.63, 3.8) is 0 Å². The molecule has 6 nitrogen and oxygen atoms in total. The van der Waals surface area contributed by atoms with Gasteiger partial charge in [0.2, 0.25) is 0 Å². The van der Waals surface area contributed by atoms with Gasteiger partial charge in [-0.3, -0.25) is 9.80 Å². The summed E-state index contributed by atoms with van der Waals surface area (Å²) in [7, 11) is 0. The van der Waals surface area contributed by atoms with E-state index in [1.807, 2.05) is 4.68 Å². The molecule has 1 saturated heterocycles. The van der Waals surface area contributed by atoms with Crippen molar-refractivity contribution in [2.24, 2.45) is 5.92 Å². The molecule has 6 heteroatoms. The summed E-state index contributed by atoms with van der Waals surface area (Å²) in [5.74, 6) is 1.37. The molecule has 35 heavy (non-hydrogen) atoms. The van der Waals surface area contributed by atoms with E-state index in [2.05, 4.69) is 122 Å². The summed E-state index contributed by atoms with van der Waals surface area (Å²) in [5, 5.41) is 13.1. The van der Waals surface area contributed by atoms with Crippen LogP contribution in [0.4, 0.5) is 0 Å². The van der Waals surface area contributed by atoms with Crippen molar-refractivity contribution in [3.8, 4) is 0 Å². The number of piperazine rings is 1. The van der Waals surface area contributed by atoms with Crippen LogP contribution in [-0.2, 0) is 13.0 Å². The van der Waals surface area contributed by atoms with Crippen molar-refractivity contribution in [1.29, 1.82) is 0 Å². The van der Waals surface area contributed by atoms with Gasteiger partial charge in [-0.05, 0) is 34.4 Å². The van der Waals surface area contributed by atoms with Crippen LogP contribution in [0.15, 0.2) is 91.0 Å². The molecular weight excluding hydrogens is 432 g/mol. The minimum atomic E-state index is 0.184. The van der Waals surface area contributed by atoms with Gasteiger partial charge in [-0.25, -0.2) is 4.68 Å².